The largest absolute Gasteiger partial charge is 0.398 e. The standard InChI is InChI=1S/C12H15N3/c1-8-7-10-9(5-4-6-11(10)13)12(14-8)15(2)3/h4-7H,13H2,1-3H3. The van der Waals surface area contributed by atoms with Gasteiger partial charge in [0, 0.05) is 36.2 Å². The summed E-state index contributed by atoms with van der Waals surface area (Å²) in [5.41, 5.74) is 7.74. The van der Waals surface area contributed by atoms with E-state index in [2.05, 4.69) is 4.98 Å². The summed E-state index contributed by atoms with van der Waals surface area (Å²) in [4.78, 5) is 6.52. The van der Waals surface area contributed by atoms with Gasteiger partial charge < -0.3 is 10.6 Å². The summed E-state index contributed by atoms with van der Waals surface area (Å²) in [5.74, 6) is 0.970. The van der Waals surface area contributed by atoms with Crippen LogP contribution in [-0.2, 0) is 0 Å². The van der Waals surface area contributed by atoms with Crippen LogP contribution in [0.1, 0.15) is 5.69 Å². The van der Waals surface area contributed by atoms with Crippen molar-refractivity contribution in [3.05, 3.63) is 30.0 Å². The maximum Gasteiger partial charge on any atom is 0.136 e. The Morgan fingerprint density at radius 2 is 1.93 bits per heavy atom. The van der Waals surface area contributed by atoms with Crippen molar-refractivity contribution in [3.8, 4) is 0 Å². The molecule has 0 radical (unpaired) electrons. The monoisotopic (exact) mass is 201 g/mol. The molecule has 0 saturated heterocycles. The second kappa shape index (κ2) is 3.42. The first-order chi connectivity index (χ1) is 7.09. The van der Waals surface area contributed by atoms with Crippen LogP contribution in [0.4, 0.5) is 11.5 Å². The summed E-state index contributed by atoms with van der Waals surface area (Å²) in [5, 5.41) is 2.18. The van der Waals surface area contributed by atoms with Gasteiger partial charge in [-0.2, -0.15) is 0 Å². The maximum absolute atomic E-state index is 5.95. The number of rotatable bonds is 1. The van der Waals surface area contributed by atoms with Crippen molar-refractivity contribution in [2.24, 2.45) is 0 Å². The molecule has 0 fully saturated rings. The second-order valence-electron chi connectivity index (χ2n) is 3.92. The summed E-state index contributed by atoms with van der Waals surface area (Å²) >= 11 is 0. The van der Waals surface area contributed by atoms with Gasteiger partial charge in [0.1, 0.15) is 5.82 Å². The molecule has 15 heavy (non-hydrogen) atoms. The van der Waals surface area contributed by atoms with Crippen LogP contribution >= 0.6 is 0 Å². The summed E-state index contributed by atoms with van der Waals surface area (Å²) in [6.07, 6.45) is 0. The Bertz CT molecular complexity index is 503. The highest BCUT2D eigenvalue weighted by Crippen LogP contribution is 2.28. The first-order valence-electron chi connectivity index (χ1n) is 4.93. The van der Waals surface area contributed by atoms with Gasteiger partial charge in [-0.1, -0.05) is 12.1 Å². The topological polar surface area (TPSA) is 42.1 Å². The smallest absolute Gasteiger partial charge is 0.136 e. The zero-order valence-electron chi connectivity index (χ0n) is 9.28. The summed E-state index contributed by atoms with van der Waals surface area (Å²) in [6.45, 7) is 1.98. The van der Waals surface area contributed by atoms with E-state index in [1.165, 1.54) is 0 Å². The lowest BCUT2D eigenvalue weighted by Gasteiger charge is -2.15. The van der Waals surface area contributed by atoms with Gasteiger partial charge in [-0.05, 0) is 19.1 Å². The molecule has 3 nitrogen and oxygen atoms in total. The van der Waals surface area contributed by atoms with Crippen molar-refractivity contribution < 1.29 is 0 Å². The molecule has 1 aromatic heterocycles. The molecule has 0 amide bonds. The Labute approximate surface area is 89.5 Å². The van der Waals surface area contributed by atoms with Crippen LogP contribution in [0, 0.1) is 6.92 Å². The Balaban J connectivity index is 2.86. The third kappa shape index (κ3) is 1.61. The van der Waals surface area contributed by atoms with E-state index in [4.69, 9.17) is 5.73 Å². The van der Waals surface area contributed by atoms with Gasteiger partial charge in [-0.25, -0.2) is 4.98 Å². The van der Waals surface area contributed by atoms with Gasteiger partial charge >= 0.3 is 0 Å². The Morgan fingerprint density at radius 3 is 2.60 bits per heavy atom. The fraction of sp³-hybridized carbons (Fsp3) is 0.250. The third-order valence-corrected chi connectivity index (χ3v) is 2.44. The number of hydrogen-bond donors (Lipinski definition) is 1. The minimum absolute atomic E-state index is 0.807. The van der Waals surface area contributed by atoms with E-state index in [-0.39, 0.29) is 0 Å². The van der Waals surface area contributed by atoms with Gasteiger partial charge in [0.2, 0.25) is 0 Å². The quantitative estimate of drug-likeness (QED) is 0.719. The first kappa shape index (κ1) is 9.77. The molecule has 0 unspecified atom stereocenters. The molecule has 0 aliphatic heterocycles. The van der Waals surface area contributed by atoms with Crippen molar-refractivity contribution in [2.75, 3.05) is 24.7 Å². The molecule has 0 atom stereocenters. The molecule has 3 heteroatoms. The molecule has 2 rings (SSSR count). The molecule has 2 aromatic rings. The Morgan fingerprint density at radius 1 is 1.20 bits per heavy atom. The van der Waals surface area contributed by atoms with Crippen LogP contribution in [-0.4, -0.2) is 19.1 Å². The molecule has 0 saturated carbocycles. The van der Waals surface area contributed by atoms with E-state index >= 15 is 0 Å². The summed E-state index contributed by atoms with van der Waals surface area (Å²) < 4.78 is 0. The van der Waals surface area contributed by atoms with E-state index < -0.39 is 0 Å². The lowest BCUT2D eigenvalue weighted by molar-refractivity contribution is 1.06. The molecular formula is C12H15N3. The summed E-state index contributed by atoms with van der Waals surface area (Å²) in [6, 6.07) is 7.95. The van der Waals surface area contributed by atoms with E-state index in [9.17, 15) is 0 Å². The van der Waals surface area contributed by atoms with Crippen molar-refractivity contribution >= 4 is 22.3 Å². The van der Waals surface area contributed by atoms with Gasteiger partial charge in [0.25, 0.3) is 0 Å². The van der Waals surface area contributed by atoms with Gasteiger partial charge in [-0.15, -0.1) is 0 Å². The van der Waals surface area contributed by atoms with Gasteiger partial charge in [-0.3, -0.25) is 0 Å². The molecule has 78 valence electrons. The Hall–Kier alpha value is -1.77. The number of anilines is 2. The number of aromatic nitrogens is 1. The number of fused-ring (bicyclic) bond motifs is 1. The van der Waals surface area contributed by atoms with Crippen molar-refractivity contribution in [2.45, 2.75) is 6.92 Å². The van der Waals surface area contributed by atoms with E-state index in [1.807, 2.05) is 50.2 Å². The highest BCUT2D eigenvalue weighted by Gasteiger charge is 2.07. The molecular weight excluding hydrogens is 186 g/mol. The number of hydrogen-bond acceptors (Lipinski definition) is 3. The molecule has 0 aliphatic rings. The fourth-order valence-electron chi connectivity index (χ4n) is 1.75. The van der Waals surface area contributed by atoms with Crippen molar-refractivity contribution in [3.63, 3.8) is 0 Å². The molecule has 0 spiro atoms. The van der Waals surface area contributed by atoms with E-state index in [0.717, 1.165) is 28.0 Å². The molecule has 1 aromatic carbocycles. The number of benzene rings is 1. The number of nitrogens with two attached hydrogens (primary N) is 1. The highest BCUT2D eigenvalue weighted by atomic mass is 15.1. The molecule has 1 heterocycles. The van der Waals surface area contributed by atoms with Crippen LogP contribution in [0.25, 0.3) is 10.8 Å². The zero-order valence-corrected chi connectivity index (χ0v) is 9.28. The third-order valence-electron chi connectivity index (χ3n) is 2.44. The van der Waals surface area contributed by atoms with E-state index in [1.54, 1.807) is 0 Å². The first-order valence-corrected chi connectivity index (χ1v) is 4.93. The lowest BCUT2D eigenvalue weighted by Crippen LogP contribution is -2.11. The predicted molar refractivity (Wildman–Crippen MR) is 65.2 cm³/mol. The number of aryl methyl sites for hydroxylation is 1. The Kier molecular flexibility index (Phi) is 2.23. The zero-order chi connectivity index (χ0) is 11.0. The van der Waals surface area contributed by atoms with Crippen LogP contribution in [0.3, 0.4) is 0 Å². The van der Waals surface area contributed by atoms with E-state index in [0.29, 0.717) is 0 Å². The second-order valence-corrected chi connectivity index (χ2v) is 3.92. The number of nitrogens with zero attached hydrogens (tertiary/aromatic N) is 2. The SMILES string of the molecule is Cc1cc2c(N)cccc2c(N(C)C)n1. The molecule has 0 bridgehead atoms. The predicted octanol–water partition coefficient (Wildman–Crippen LogP) is 2.19. The van der Waals surface area contributed by atoms with Crippen molar-refractivity contribution in [1.29, 1.82) is 0 Å². The van der Waals surface area contributed by atoms with Crippen LogP contribution in [0.5, 0.6) is 0 Å². The normalized spacial score (nSPS) is 10.6. The molecule has 0 aliphatic carbocycles. The van der Waals surface area contributed by atoms with Crippen molar-refractivity contribution in [1.82, 2.24) is 4.98 Å². The lowest BCUT2D eigenvalue weighted by atomic mass is 10.1. The average molecular weight is 201 g/mol. The summed E-state index contributed by atoms with van der Waals surface area (Å²) in [7, 11) is 3.98. The minimum atomic E-state index is 0.807. The average Bonchev–Trinajstić information content (AvgIpc) is 2.18. The van der Waals surface area contributed by atoms with Gasteiger partial charge in [0.05, 0.1) is 0 Å². The number of pyridine rings is 1. The highest BCUT2D eigenvalue weighted by molar-refractivity contribution is 5.99. The minimum Gasteiger partial charge on any atom is -0.398 e. The van der Waals surface area contributed by atoms with Crippen LogP contribution in [0.2, 0.25) is 0 Å². The number of nitrogen functional groups attached to an aromatic ring is 1. The van der Waals surface area contributed by atoms with Gasteiger partial charge in [0.15, 0.2) is 0 Å². The maximum atomic E-state index is 5.95. The van der Waals surface area contributed by atoms with Crippen LogP contribution < -0.4 is 10.6 Å². The molecule has 2 N–H and O–H groups in total. The fourth-order valence-corrected chi connectivity index (χ4v) is 1.75. The van der Waals surface area contributed by atoms with Crippen LogP contribution in [0.15, 0.2) is 24.3 Å².